The minimum Gasteiger partial charge on any atom is -0.295 e. The highest BCUT2D eigenvalue weighted by Crippen LogP contribution is 2.43. The quantitative estimate of drug-likeness (QED) is 0.261. The molecule has 206 valence electrons. The summed E-state index contributed by atoms with van der Waals surface area (Å²) in [6, 6.07) is 10.5. The SMILES string of the molecule is CCCCc1cn(C2C(CC)CCCC2C(C)C)c(=O)n1Cc1cnccc1-c1ccc(-c2nnn[nH]2)cc1. The summed E-state index contributed by atoms with van der Waals surface area (Å²) in [6.07, 6.45) is 13.8. The third-order valence-corrected chi connectivity index (χ3v) is 8.66. The average molecular weight is 528 g/mol. The Hall–Kier alpha value is -3.55. The van der Waals surface area contributed by atoms with Gasteiger partial charge in [-0.15, -0.1) is 5.10 Å². The molecular formula is C31H41N7O. The van der Waals surface area contributed by atoms with Gasteiger partial charge in [0.05, 0.1) is 6.54 Å². The maximum atomic E-state index is 14.2. The molecule has 0 spiro atoms. The number of tetrazole rings is 1. The number of aromatic nitrogens is 7. The smallest absolute Gasteiger partial charge is 0.295 e. The highest BCUT2D eigenvalue weighted by molar-refractivity contribution is 5.69. The molecule has 39 heavy (non-hydrogen) atoms. The molecule has 3 unspecified atom stereocenters. The molecule has 3 heterocycles. The molecule has 0 aliphatic heterocycles. The first kappa shape index (κ1) is 27.0. The van der Waals surface area contributed by atoms with Crippen LogP contribution in [0.2, 0.25) is 0 Å². The maximum absolute atomic E-state index is 14.2. The van der Waals surface area contributed by atoms with Crippen LogP contribution in [0, 0.1) is 17.8 Å². The van der Waals surface area contributed by atoms with Crippen LogP contribution in [0.25, 0.3) is 22.5 Å². The molecule has 1 aromatic carbocycles. The first-order chi connectivity index (χ1) is 19.0. The molecule has 5 rings (SSSR count). The van der Waals surface area contributed by atoms with Crippen LogP contribution in [-0.2, 0) is 13.0 Å². The monoisotopic (exact) mass is 527 g/mol. The lowest BCUT2D eigenvalue weighted by Crippen LogP contribution is -2.39. The molecule has 3 aromatic heterocycles. The Morgan fingerprint density at radius 3 is 2.56 bits per heavy atom. The summed E-state index contributed by atoms with van der Waals surface area (Å²) in [4.78, 5) is 18.6. The molecule has 3 atom stereocenters. The zero-order valence-corrected chi connectivity index (χ0v) is 23.7. The number of aryl methyl sites for hydroxylation is 1. The summed E-state index contributed by atoms with van der Waals surface area (Å²) in [5, 5.41) is 14.2. The van der Waals surface area contributed by atoms with Crippen molar-refractivity contribution in [3.63, 3.8) is 0 Å². The van der Waals surface area contributed by atoms with E-state index in [1.165, 1.54) is 19.3 Å². The van der Waals surface area contributed by atoms with E-state index >= 15 is 0 Å². The van der Waals surface area contributed by atoms with Crippen molar-refractivity contribution in [1.82, 2.24) is 34.7 Å². The van der Waals surface area contributed by atoms with Crippen LogP contribution < -0.4 is 5.69 Å². The summed E-state index contributed by atoms with van der Waals surface area (Å²) < 4.78 is 4.14. The first-order valence-corrected chi connectivity index (χ1v) is 14.6. The van der Waals surface area contributed by atoms with E-state index in [1.54, 1.807) is 0 Å². The van der Waals surface area contributed by atoms with Crippen LogP contribution in [0.4, 0.5) is 0 Å². The third-order valence-electron chi connectivity index (χ3n) is 8.66. The Morgan fingerprint density at radius 2 is 1.87 bits per heavy atom. The molecule has 1 saturated carbocycles. The van der Waals surface area contributed by atoms with Gasteiger partial charge < -0.3 is 0 Å². The van der Waals surface area contributed by atoms with Crippen LogP contribution in [-0.4, -0.2) is 34.7 Å². The van der Waals surface area contributed by atoms with Crippen molar-refractivity contribution in [2.45, 2.75) is 85.2 Å². The van der Waals surface area contributed by atoms with Crippen LogP contribution in [0.15, 0.2) is 53.7 Å². The number of aromatic amines is 1. The standard InChI is InChI=1S/C31H41N7O/c1-5-7-10-26-20-38(29-22(6-2)9-8-11-27(29)21(3)4)31(39)37(26)19-25-18-32-17-16-28(25)23-12-14-24(15-13-23)30-33-35-36-34-30/h12-18,20-22,27,29H,5-11,19H2,1-4H3,(H,33,34,35,36). The van der Waals surface area contributed by atoms with Crippen molar-refractivity contribution in [2.24, 2.45) is 17.8 Å². The average Bonchev–Trinajstić information content (AvgIpc) is 3.61. The highest BCUT2D eigenvalue weighted by Gasteiger charge is 2.36. The van der Waals surface area contributed by atoms with Gasteiger partial charge in [0.25, 0.3) is 0 Å². The van der Waals surface area contributed by atoms with Crippen molar-refractivity contribution in [2.75, 3.05) is 0 Å². The Balaban J connectivity index is 1.52. The van der Waals surface area contributed by atoms with Gasteiger partial charge in [0.1, 0.15) is 0 Å². The number of imidazole rings is 1. The van der Waals surface area contributed by atoms with Gasteiger partial charge >= 0.3 is 5.69 Å². The van der Waals surface area contributed by atoms with Gasteiger partial charge in [0.15, 0.2) is 5.82 Å². The van der Waals surface area contributed by atoms with Gasteiger partial charge in [0, 0.05) is 35.9 Å². The van der Waals surface area contributed by atoms with Crippen molar-refractivity contribution >= 4 is 0 Å². The van der Waals surface area contributed by atoms with Crippen molar-refractivity contribution in [1.29, 1.82) is 0 Å². The number of rotatable bonds is 10. The van der Waals surface area contributed by atoms with E-state index in [1.807, 2.05) is 35.2 Å². The molecule has 8 nitrogen and oxygen atoms in total. The zero-order valence-electron chi connectivity index (χ0n) is 23.7. The second-order valence-corrected chi connectivity index (χ2v) is 11.4. The van der Waals surface area contributed by atoms with Gasteiger partial charge in [-0.25, -0.2) is 9.89 Å². The van der Waals surface area contributed by atoms with Gasteiger partial charge in [-0.1, -0.05) is 71.2 Å². The van der Waals surface area contributed by atoms with E-state index in [2.05, 4.69) is 76.2 Å². The van der Waals surface area contributed by atoms with Gasteiger partial charge in [-0.05, 0) is 76.6 Å². The van der Waals surface area contributed by atoms with Gasteiger partial charge in [-0.3, -0.25) is 14.1 Å². The van der Waals surface area contributed by atoms with Crippen LogP contribution >= 0.6 is 0 Å². The van der Waals surface area contributed by atoms with Crippen LogP contribution in [0.3, 0.4) is 0 Å². The normalized spacial score (nSPS) is 19.6. The molecule has 8 heteroatoms. The summed E-state index contributed by atoms with van der Waals surface area (Å²) in [5.74, 6) is 2.27. The number of H-pyrrole nitrogens is 1. The van der Waals surface area contributed by atoms with E-state index in [-0.39, 0.29) is 11.7 Å². The highest BCUT2D eigenvalue weighted by atomic mass is 16.1. The fourth-order valence-corrected chi connectivity index (χ4v) is 6.50. The van der Waals surface area contributed by atoms with Gasteiger partial charge in [0.2, 0.25) is 0 Å². The number of pyridine rings is 1. The lowest BCUT2D eigenvalue weighted by molar-refractivity contribution is 0.113. The molecule has 4 aromatic rings. The molecule has 0 saturated heterocycles. The summed E-state index contributed by atoms with van der Waals surface area (Å²) in [6.45, 7) is 9.65. The molecule has 0 radical (unpaired) electrons. The molecule has 0 amide bonds. The molecule has 1 aliphatic rings. The second kappa shape index (κ2) is 12.1. The van der Waals surface area contributed by atoms with E-state index in [0.717, 1.165) is 53.6 Å². The largest absolute Gasteiger partial charge is 0.328 e. The zero-order chi connectivity index (χ0) is 27.4. The minimum absolute atomic E-state index is 0.125. The fourth-order valence-electron chi connectivity index (χ4n) is 6.50. The Bertz CT molecular complexity index is 1400. The predicted octanol–water partition coefficient (Wildman–Crippen LogP) is 6.31. The number of nitrogens with zero attached hydrogens (tertiary/aromatic N) is 6. The van der Waals surface area contributed by atoms with E-state index in [4.69, 9.17) is 0 Å². The molecule has 1 N–H and O–H groups in total. The number of unbranched alkanes of at least 4 members (excludes halogenated alkanes) is 1. The van der Waals surface area contributed by atoms with Gasteiger partial charge in [-0.2, -0.15) is 0 Å². The number of hydrogen-bond donors (Lipinski definition) is 1. The third kappa shape index (κ3) is 5.60. The molecular weight excluding hydrogens is 486 g/mol. The molecule has 0 bridgehead atoms. The number of nitrogens with one attached hydrogen (secondary N) is 1. The topological polar surface area (TPSA) is 94.3 Å². The summed E-state index contributed by atoms with van der Waals surface area (Å²) in [7, 11) is 0. The maximum Gasteiger partial charge on any atom is 0.328 e. The van der Waals surface area contributed by atoms with Crippen molar-refractivity contribution in [3.8, 4) is 22.5 Å². The Labute approximate surface area is 230 Å². The lowest BCUT2D eigenvalue weighted by atomic mass is 9.71. The van der Waals surface area contributed by atoms with Crippen LogP contribution in [0.1, 0.15) is 83.5 Å². The second-order valence-electron chi connectivity index (χ2n) is 11.4. The number of hydrogen-bond acceptors (Lipinski definition) is 5. The molecule has 1 fully saturated rings. The summed E-state index contributed by atoms with van der Waals surface area (Å²) in [5.41, 5.74) is 5.38. The lowest BCUT2D eigenvalue weighted by Gasteiger charge is -2.40. The van der Waals surface area contributed by atoms with E-state index < -0.39 is 0 Å². The predicted molar refractivity (Wildman–Crippen MR) is 154 cm³/mol. The minimum atomic E-state index is 0.125. The molecule has 1 aliphatic carbocycles. The van der Waals surface area contributed by atoms with Crippen molar-refractivity contribution < 1.29 is 0 Å². The fraction of sp³-hybridized carbons (Fsp3) is 0.516. The first-order valence-electron chi connectivity index (χ1n) is 14.6. The summed E-state index contributed by atoms with van der Waals surface area (Å²) >= 11 is 0. The van der Waals surface area contributed by atoms with E-state index in [9.17, 15) is 4.79 Å². The van der Waals surface area contributed by atoms with Crippen molar-refractivity contribution in [3.05, 3.63) is 70.7 Å². The van der Waals surface area contributed by atoms with Crippen LogP contribution in [0.5, 0.6) is 0 Å². The van der Waals surface area contributed by atoms with E-state index in [0.29, 0.717) is 30.1 Å². The Kier molecular flexibility index (Phi) is 8.38. The number of benzene rings is 1. The Morgan fingerprint density at radius 1 is 1.08 bits per heavy atom.